The number of aryl methyl sites for hydroxylation is 2. The smallest absolute Gasteiger partial charge is 0.403 e. The lowest BCUT2D eigenvalue weighted by Crippen LogP contribution is -2.18. The molecule has 0 saturated carbocycles. The van der Waals surface area contributed by atoms with Crippen molar-refractivity contribution in [2.24, 2.45) is 0 Å². The number of nitrogen functional groups attached to an aromatic ring is 1. The third-order valence-corrected chi connectivity index (χ3v) is 2.81. The van der Waals surface area contributed by atoms with Crippen molar-refractivity contribution in [2.75, 3.05) is 5.73 Å². The number of rotatable bonds is 5. The highest BCUT2D eigenvalue weighted by molar-refractivity contribution is 5.29. The highest BCUT2D eigenvalue weighted by atomic mass is 19.4. The summed E-state index contributed by atoms with van der Waals surface area (Å²) in [7, 11) is 0. The van der Waals surface area contributed by atoms with Crippen molar-refractivity contribution in [1.29, 1.82) is 0 Å². The number of anilines is 1. The second-order valence-electron chi connectivity index (χ2n) is 4.40. The average Bonchev–Trinajstić information content (AvgIpc) is 2.77. The van der Waals surface area contributed by atoms with Crippen molar-refractivity contribution in [1.82, 2.24) is 9.78 Å². The molecular formula is C13H13F4N3O. The zero-order valence-electron chi connectivity index (χ0n) is 10.9. The number of nitrogens with two attached hydrogens (primary N) is 1. The quantitative estimate of drug-likeness (QED) is 0.863. The second-order valence-corrected chi connectivity index (χ2v) is 4.40. The Kier molecular flexibility index (Phi) is 4.35. The van der Waals surface area contributed by atoms with Crippen LogP contribution in [0.4, 0.5) is 23.4 Å². The number of benzene rings is 1. The number of hydrogen-bond donors (Lipinski definition) is 1. The van der Waals surface area contributed by atoms with Gasteiger partial charge in [-0.25, -0.2) is 4.39 Å². The molecule has 0 radical (unpaired) electrons. The van der Waals surface area contributed by atoms with Crippen LogP contribution in [0.5, 0.6) is 5.75 Å². The average molecular weight is 303 g/mol. The van der Waals surface area contributed by atoms with E-state index in [4.69, 9.17) is 5.73 Å². The van der Waals surface area contributed by atoms with Gasteiger partial charge in [-0.3, -0.25) is 4.68 Å². The molecule has 2 aromatic rings. The molecule has 0 fully saturated rings. The summed E-state index contributed by atoms with van der Waals surface area (Å²) in [5.41, 5.74) is 6.22. The van der Waals surface area contributed by atoms with Gasteiger partial charge < -0.3 is 10.5 Å². The van der Waals surface area contributed by atoms with E-state index >= 15 is 0 Å². The van der Waals surface area contributed by atoms with Gasteiger partial charge in [-0.1, -0.05) is 6.07 Å². The van der Waals surface area contributed by atoms with Crippen molar-refractivity contribution < 1.29 is 22.3 Å². The van der Waals surface area contributed by atoms with Crippen molar-refractivity contribution in [3.05, 3.63) is 41.8 Å². The summed E-state index contributed by atoms with van der Waals surface area (Å²) in [6.45, 7) is 0.543. The largest absolute Gasteiger partial charge is 0.573 e. The molecule has 0 atom stereocenters. The van der Waals surface area contributed by atoms with Crippen LogP contribution in [0.25, 0.3) is 0 Å². The van der Waals surface area contributed by atoms with E-state index in [9.17, 15) is 17.6 Å². The Bertz CT molecular complexity index is 610. The molecule has 4 nitrogen and oxygen atoms in total. The molecule has 1 aromatic heterocycles. The molecule has 2 N–H and O–H groups in total. The maximum atomic E-state index is 13.5. The summed E-state index contributed by atoms with van der Waals surface area (Å²) in [5.74, 6) is -1.35. The van der Waals surface area contributed by atoms with Gasteiger partial charge in [0.15, 0.2) is 11.6 Å². The predicted octanol–water partition coefficient (Wildman–Crippen LogP) is 3.14. The molecule has 1 aromatic carbocycles. The minimum Gasteiger partial charge on any atom is -0.403 e. The highest BCUT2D eigenvalue weighted by Gasteiger charge is 2.32. The van der Waals surface area contributed by atoms with Crippen molar-refractivity contribution in [2.45, 2.75) is 25.7 Å². The normalized spacial score (nSPS) is 11.6. The fraction of sp³-hybridized carbons (Fsp3) is 0.308. The zero-order chi connectivity index (χ0) is 15.5. The molecule has 0 saturated heterocycles. The molecule has 1 heterocycles. The number of hydrogen-bond acceptors (Lipinski definition) is 3. The van der Waals surface area contributed by atoms with Gasteiger partial charge >= 0.3 is 6.36 Å². The Balaban J connectivity index is 1.93. The monoisotopic (exact) mass is 303 g/mol. The Morgan fingerprint density at radius 1 is 1.24 bits per heavy atom. The lowest BCUT2D eigenvalue weighted by molar-refractivity contribution is -0.275. The standard InChI is InChI=1S/C13H13F4N3O/c14-10-8-9(3-4-11(10)21-13(15,16)17)2-1-7-20-12(18)5-6-19-20/h3-6,8H,1-2,7,18H2. The van der Waals surface area contributed by atoms with Gasteiger partial charge in [-0.05, 0) is 36.6 Å². The van der Waals surface area contributed by atoms with E-state index in [1.807, 2.05) is 0 Å². The maximum Gasteiger partial charge on any atom is 0.573 e. The Labute approximate surface area is 118 Å². The molecule has 0 unspecified atom stereocenters. The highest BCUT2D eigenvalue weighted by Crippen LogP contribution is 2.26. The van der Waals surface area contributed by atoms with Crippen LogP contribution in [0, 0.1) is 5.82 Å². The molecule has 2 rings (SSSR count). The number of aromatic nitrogens is 2. The van der Waals surface area contributed by atoms with Crippen LogP contribution < -0.4 is 10.5 Å². The minimum atomic E-state index is -4.90. The fourth-order valence-electron chi connectivity index (χ4n) is 1.87. The van der Waals surface area contributed by atoms with E-state index in [0.717, 1.165) is 12.1 Å². The molecular weight excluding hydrogens is 290 g/mol. The van der Waals surface area contributed by atoms with Crippen LogP contribution in [-0.4, -0.2) is 16.1 Å². The second kappa shape index (κ2) is 6.02. The third kappa shape index (κ3) is 4.37. The molecule has 0 aliphatic rings. The van der Waals surface area contributed by atoms with Crippen molar-refractivity contribution in [3.63, 3.8) is 0 Å². The molecule has 8 heteroatoms. The Morgan fingerprint density at radius 3 is 2.57 bits per heavy atom. The molecule has 0 amide bonds. The lowest BCUT2D eigenvalue weighted by Gasteiger charge is -2.10. The van der Waals surface area contributed by atoms with E-state index in [-0.39, 0.29) is 0 Å². The van der Waals surface area contributed by atoms with Gasteiger partial charge in [0.2, 0.25) is 0 Å². The van der Waals surface area contributed by atoms with E-state index in [2.05, 4.69) is 9.84 Å². The van der Waals surface area contributed by atoms with E-state index in [1.165, 1.54) is 6.07 Å². The summed E-state index contributed by atoms with van der Waals surface area (Å²) in [6, 6.07) is 5.06. The first-order valence-electron chi connectivity index (χ1n) is 6.16. The summed E-state index contributed by atoms with van der Waals surface area (Å²) in [6.07, 6.45) is -2.22. The van der Waals surface area contributed by atoms with Crippen molar-refractivity contribution in [3.8, 4) is 5.75 Å². The number of halogens is 4. The van der Waals surface area contributed by atoms with Gasteiger partial charge in [-0.2, -0.15) is 5.10 Å². The molecule has 0 spiro atoms. The van der Waals surface area contributed by atoms with Gasteiger partial charge in [0, 0.05) is 6.54 Å². The first kappa shape index (κ1) is 15.1. The summed E-state index contributed by atoms with van der Waals surface area (Å²) >= 11 is 0. The SMILES string of the molecule is Nc1ccnn1CCCc1ccc(OC(F)(F)F)c(F)c1. The Morgan fingerprint density at radius 2 is 2.00 bits per heavy atom. The fourth-order valence-corrected chi connectivity index (χ4v) is 1.87. The molecule has 0 bridgehead atoms. The minimum absolute atomic E-state index is 0.489. The topological polar surface area (TPSA) is 53.1 Å². The van der Waals surface area contributed by atoms with E-state index in [0.29, 0.717) is 30.8 Å². The van der Waals surface area contributed by atoms with Crippen LogP contribution in [0.1, 0.15) is 12.0 Å². The first-order chi connectivity index (χ1) is 9.85. The van der Waals surface area contributed by atoms with Crippen LogP contribution in [-0.2, 0) is 13.0 Å². The molecule has 114 valence electrons. The van der Waals surface area contributed by atoms with Crippen LogP contribution >= 0.6 is 0 Å². The van der Waals surface area contributed by atoms with Gasteiger partial charge in [0.1, 0.15) is 5.82 Å². The molecule has 0 aliphatic heterocycles. The molecule has 21 heavy (non-hydrogen) atoms. The van der Waals surface area contributed by atoms with Gasteiger partial charge in [-0.15, -0.1) is 13.2 Å². The summed E-state index contributed by atoms with van der Waals surface area (Å²) in [4.78, 5) is 0. The van der Waals surface area contributed by atoms with Crippen molar-refractivity contribution >= 4 is 5.82 Å². The van der Waals surface area contributed by atoms with E-state index in [1.54, 1.807) is 16.9 Å². The number of nitrogens with zero attached hydrogens (tertiary/aromatic N) is 2. The predicted molar refractivity (Wildman–Crippen MR) is 68.0 cm³/mol. The summed E-state index contributed by atoms with van der Waals surface area (Å²) in [5, 5.41) is 3.99. The van der Waals surface area contributed by atoms with Crippen LogP contribution in [0.3, 0.4) is 0 Å². The molecule has 0 aliphatic carbocycles. The first-order valence-corrected chi connectivity index (χ1v) is 6.16. The maximum absolute atomic E-state index is 13.5. The van der Waals surface area contributed by atoms with Crippen LogP contribution in [0.2, 0.25) is 0 Å². The van der Waals surface area contributed by atoms with Crippen LogP contribution in [0.15, 0.2) is 30.5 Å². The van der Waals surface area contributed by atoms with Gasteiger partial charge in [0.05, 0.1) is 6.20 Å². The number of alkyl halides is 3. The lowest BCUT2D eigenvalue weighted by atomic mass is 10.1. The van der Waals surface area contributed by atoms with E-state index < -0.39 is 17.9 Å². The number of ether oxygens (including phenoxy) is 1. The third-order valence-electron chi connectivity index (χ3n) is 2.81. The summed E-state index contributed by atoms with van der Waals surface area (Å²) < 4.78 is 54.7. The zero-order valence-corrected chi connectivity index (χ0v) is 10.9. The van der Waals surface area contributed by atoms with Gasteiger partial charge in [0.25, 0.3) is 0 Å². The Hall–Kier alpha value is -2.25.